The van der Waals surface area contributed by atoms with Crippen LogP contribution in [-0.4, -0.2) is 42.7 Å². The van der Waals surface area contributed by atoms with Gasteiger partial charge in [-0.3, -0.25) is 9.88 Å². The zero-order chi connectivity index (χ0) is 14.3. The van der Waals surface area contributed by atoms with Crippen molar-refractivity contribution in [1.82, 2.24) is 9.88 Å². The van der Waals surface area contributed by atoms with Crippen molar-refractivity contribution in [3.63, 3.8) is 0 Å². The third-order valence-electron chi connectivity index (χ3n) is 3.98. The number of nitrogens with zero attached hydrogens (tertiary/aromatic N) is 2. The Balaban J connectivity index is 1.56. The van der Waals surface area contributed by atoms with Crippen molar-refractivity contribution in [3.05, 3.63) is 54.4 Å². The molecule has 1 aliphatic rings. The Bertz CT molecular complexity index is 550. The molecule has 110 valence electrons. The molecule has 0 radical (unpaired) electrons. The predicted molar refractivity (Wildman–Crippen MR) is 85.3 cm³/mol. The van der Waals surface area contributed by atoms with Gasteiger partial charge in [0.25, 0.3) is 0 Å². The summed E-state index contributed by atoms with van der Waals surface area (Å²) in [5.74, 6) is 0. The lowest BCUT2D eigenvalue weighted by atomic mass is 10.0. The lowest BCUT2D eigenvalue weighted by molar-refractivity contribution is 0.0375. The SMILES string of the molecule is c1cc(CCCN2CCOCC2)cc(-c2ccncc2)c1. The van der Waals surface area contributed by atoms with Crippen LogP contribution < -0.4 is 0 Å². The molecule has 2 heterocycles. The van der Waals surface area contributed by atoms with Gasteiger partial charge in [0.05, 0.1) is 13.2 Å². The van der Waals surface area contributed by atoms with Crippen LogP contribution >= 0.6 is 0 Å². The molecule has 1 aromatic heterocycles. The maximum absolute atomic E-state index is 5.38. The molecule has 3 nitrogen and oxygen atoms in total. The second kappa shape index (κ2) is 7.34. The summed E-state index contributed by atoms with van der Waals surface area (Å²) < 4.78 is 5.38. The Kier molecular flexibility index (Phi) is 4.98. The highest BCUT2D eigenvalue weighted by atomic mass is 16.5. The summed E-state index contributed by atoms with van der Waals surface area (Å²) in [6, 6.07) is 13.0. The van der Waals surface area contributed by atoms with Gasteiger partial charge in [0.15, 0.2) is 0 Å². The smallest absolute Gasteiger partial charge is 0.0594 e. The molecule has 1 fully saturated rings. The summed E-state index contributed by atoms with van der Waals surface area (Å²) >= 11 is 0. The lowest BCUT2D eigenvalue weighted by Crippen LogP contribution is -2.36. The van der Waals surface area contributed by atoms with Crippen molar-refractivity contribution < 1.29 is 4.74 Å². The van der Waals surface area contributed by atoms with Gasteiger partial charge in [-0.2, -0.15) is 0 Å². The number of pyridine rings is 1. The average Bonchev–Trinajstić information content (AvgIpc) is 2.57. The van der Waals surface area contributed by atoms with Crippen molar-refractivity contribution >= 4 is 0 Å². The van der Waals surface area contributed by atoms with E-state index in [1.807, 2.05) is 12.4 Å². The van der Waals surface area contributed by atoms with E-state index in [-0.39, 0.29) is 0 Å². The molecule has 1 aromatic carbocycles. The first-order chi connectivity index (χ1) is 10.4. The number of aryl methyl sites for hydroxylation is 1. The molecular weight excluding hydrogens is 260 g/mol. The van der Waals surface area contributed by atoms with Crippen LogP contribution in [0.2, 0.25) is 0 Å². The van der Waals surface area contributed by atoms with Gasteiger partial charge >= 0.3 is 0 Å². The monoisotopic (exact) mass is 282 g/mol. The van der Waals surface area contributed by atoms with E-state index in [0.717, 1.165) is 32.7 Å². The molecule has 0 atom stereocenters. The number of morpholine rings is 1. The molecule has 0 saturated carbocycles. The van der Waals surface area contributed by atoms with E-state index < -0.39 is 0 Å². The van der Waals surface area contributed by atoms with Crippen molar-refractivity contribution in [2.24, 2.45) is 0 Å². The summed E-state index contributed by atoms with van der Waals surface area (Å²) in [7, 11) is 0. The molecule has 1 aliphatic heterocycles. The minimum atomic E-state index is 0.886. The standard InChI is InChI=1S/C18H22N2O/c1-3-16(4-2-10-20-11-13-21-14-12-20)15-18(5-1)17-6-8-19-9-7-17/h1,3,5-9,15H,2,4,10-14H2. The number of ether oxygens (including phenoxy) is 1. The fraction of sp³-hybridized carbons (Fsp3) is 0.389. The molecule has 2 aromatic rings. The highest BCUT2D eigenvalue weighted by Crippen LogP contribution is 2.20. The zero-order valence-electron chi connectivity index (χ0n) is 12.4. The second-order valence-electron chi connectivity index (χ2n) is 5.49. The summed E-state index contributed by atoms with van der Waals surface area (Å²) in [5.41, 5.74) is 3.93. The van der Waals surface area contributed by atoms with Crippen LogP contribution in [0.1, 0.15) is 12.0 Å². The van der Waals surface area contributed by atoms with Crippen LogP contribution in [0.3, 0.4) is 0 Å². The Morgan fingerprint density at radius 1 is 1.00 bits per heavy atom. The van der Waals surface area contributed by atoms with Crippen LogP contribution in [0.5, 0.6) is 0 Å². The third-order valence-corrected chi connectivity index (χ3v) is 3.98. The maximum Gasteiger partial charge on any atom is 0.0594 e. The summed E-state index contributed by atoms with van der Waals surface area (Å²) in [6.45, 7) is 5.10. The minimum absolute atomic E-state index is 0.886. The molecule has 0 N–H and O–H groups in total. The Morgan fingerprint density at radius 3 is 2.62 bits per heavy atom. The largest absolute Gasteiger partial charge is 0.379 e. The fourth-order valence-electron chi connectivity index (χ4n) is 2.78. The van der Waals surface area contributed by atoms with Crippen LogP contribution in [0, 0.1) is 0 Å². The number of hydrogen-bond donors (Lipinski definition) is 0. The molecule has 0 bridgehead atoms. The summed E-state index contributed by atoms with van der Waals surface area (Å²) in [5, 5.41) is 0. The normalized spacial score (nSPS) is 16.0. The van der Waals surface area contributed by atoms with E-state index in [4.69, 9.17) is 4.74 Å². The molecule has 21 heavy (non-hydrogen) atoms. The van der Waals surface area contributed by atoms with Gasteiger partial charge in [-0.25, -0.2) is 0 Å². The van der Waals surface area contributed by atoms with Crippen molar-refractivity contribution in [2.75, 3.05) is 32.8 Å². The van der Waals surface area contributed by atoms with Gasteiger partial charge in [0.1, 0.15) is 0 Å². The molecule has 3 heteroatoms. The van der Waals surface area contributed by atoms with Gasteiger partial charge < -0.3 is 4.74 Å². The summed E-state index contributed by atoms with van der Waals surface area (Å²) in [6.07, 6.45) is 6.04. The van der Waals surface area contributed by atoms with Crippen molar-refractivity contribution in [3.8, 4) is 11.1 Å². The van der Waals surface area contributed by atoms with Crippen LogP contribution in [-0.2, 0) is 11.2 Å². The number of aromatic nitrogens is 1. The fourth-order valence-corrected chi connectivity index (χ4v) is 2.78. The lowest BCUT2D eigenvalue weighted by Gasteiger charge is -2.26. The molecular formula is C18H22N2O. The van der Waals surface area contributed by atoms with E-state index >= 15 is 0 Å². The van der Waals surface area contributed by atoms with Crippen LogP contribution in [0.15, 0.2) is 48.8 Å². The van der Waals surface area contributed by atoms with E-state index in [2.05, 4.69) is 46.3 Å². The Labute approximate surface area is 126 Å². The number of hydrogen-bond acceptors (Lipinski definition) is 3. The average molecular weight is 282 g/mol. The topological polar surface area (TPSA) is 25.4 Å². The van der Waals surface area contributed by atoms with E-state index in [0.29, 0.717) is 0 Å². The van der Waals surface area contributed by atoms with Gasteiger partial charge in [-0.1, -0.05) is 24.3 Å². The molecule has 0 amide bonds. The second-order valence-corrected chi connectivity index (χ2v) is 5.49. The maximum atomic E-state index is 5.38. The molecule has 3 rings (SSSR count). The number of benzene rings is 1. The third kappa shape index (κ3) is 4.13. The van der Waals surface area contributed by atoms with Gasteiger partial charge in [-0.05, 0) is 48.2 Å². The highest BCUT2D eigenvalue weighted by molar-refractivity contribution is 5.63. The predicted octanol–water partition coefficient (Wildman–Crippen LogP) is 3.01. The first-order valence-electron chi connectivity index (χ1n) is 7.71. The molecule has 1 saturated heterocycles. The molecule has 0 unspecified atom stereocenters. The van der Waals surface area contributed by atoms with Crippen molar-refractivity contribution in [2.45, 2.75) is 12.8 Å². The van der Waals surface area contributed by atoms with E-state index in [9.17, 15) is 0 Å². The van der Waals surface area contributed by atoms with Crippen molar-refractivity contribution in [1.29, 1.82) is 0 Å². The first kappa shape index (κ1) is 14.2. The molecule has 0 spiro atoms. The zero-order valence-corrected chi connectivity index (χ0v) is 12.4. The summed E-state index contributed by atoms with van der Waals surface area (Å²) in [4.78, 5) is 6.58. The molecule has 0 aliphatic carbocycles. The van der Waals surface area contributed by atoms with Crippen LogP contribution in [0.4, 0.5) is 0 Å². The quantitative estimate of drug-likeness (QED) is 0.843. The first-order valence-corrected chi connectivity index (χ1v) is 7.71. The minimum Gasteiger partial charge on any atom is -0.379 e. The number of rotatable bonds is 5. The Hall–Kier alpha value is -1.71. The van der Waals surface area contributed by atoms with Gasteiger partial charge in [0.2, 0.25) is 0 Å². The van der Waals surface area contributed by atoms with E-state index in [1.54, 1.807) is 0 Å². The Morgan fingerprint density at radius 2 is 1.81 bits per heavy atom. The van der Waals surface area contributed by atoms with E-state index in [1.165, 1.54) is 29.7 Å². The highest BCUT2D eigenvalue weighted by Gasteiger charge is 2.09. The van der Waals surface area contributed by atoms with Crippen LogP contribution in [0.25, 0.3) is 11.1 Å². The van der Waals surface area contributed by atoms with Gasteiger partial charge in [0, 0.05) is 25.5 Å². The van der Waals surface area contributed by atoms with Gasteiger partial charge in [-0.15, -0.1) is 0 Å².